The molecule has 0 aliphatic rings. The highest BCUT2D eigenvalue weighted by Gasteiger charge is 2.20. The highest BCUT2D eigenvalue weighted by Crippen LogP contribution is 2.24. The molecule has 25 heavy (non-hydrogen) atoms. The number of rotatable bonds is 3. The Morgan fingerprint density at radius 2 is 1.80 bits per heavy atom. The van der Waals surface area contributed by atoms with Crippen molar-refractivity contribution in [3.8, 4) is 0 Å². The van der Waals surface area contributed by atoms with Crippen LogP contribution in [0.1, 0.15) is 5.56 Å². The Balaban J connectivity index is 1.95. The molecular weight excluding hydrogens is 340 g/mol. The summed E-state index contributed by atoms with van der Waals surface area (Å²) in [5, 5.41) is 0.760. The minimum absolute atomic E-state index is 0.0323. The second-order valence-corrected chi connectivity index (χ2v) is 7.55. The summed E-state index contributed by atoms with van der Waals surface area (Å²) in [6.07, 6.45) is 3.08. The smallest absolute Gasteiger partial charge is 0.341 e. The van der Waals surface area contributed by atoms with Gasteiger partial charge in [-0.2, -0.15) is 0 Å². The number of aromatic nitrogens is 2. The Labute approximate surface area is 146 Å². The van der Waals surface area contributed by atoms with Crippen molar-refractivity contribution in [1.82, 2.24) is 14.3 Å². The van der Waals surface area contributed by atoms with Crippen LogP contribution in [0.3, 0.4) is 0 Å². The van der Waals surface area contributed by atoms with Gasteiger partial charge >= 0.3 is 6.03 Å². The zero-order chi connectivity index (χ0) is 18.2. The third-order valence-corrected chi connectivity index (χ3v) is 5.15. The second kappa shape index (κ2) is 6.21. The number of fused-ring (bicyclic) bond motifs is 1. The number of pyridine rings is 1. The summed E-state index contributed by atoms with van der Waals surface area (Å²) in [7, 11) is -0.190. The number of sulfonamides is 1. The SMILES string of the molecule is Cc1ccc(S(=O)(=O)NC(=O)n2ccc3c(N(C)C)ccnc32)cc1. The standard InChI is InChI=1S/C17H18N4O3S/c1-12-4-6-13(7-5-12)25(23,24)19-17(22)21-11-9-14-15(20(2)3)8-10-18-16(14)21/h4-11H,1-3H3,(H,19,22). The predicted octanol–water partition coefficient (Wildman–Crippen LogP) is 2.36. The van der Waals surface area contributed by atoms with Crippen molar-refractivity contribution < 1.29 is 13.2 Å². The van der Waals surface area contributed by atoms with Gasteiger partial charge in [0.1, 0.15) is 5.65 Å². The van der Waals surface area contributed by atoms with Crippen LogP contribution >= 0.6 is 0 Å². The van der Waals surface area contributed by atoms with E-state index in [2.05, 4.69) is 9.71 Å². The van der Waals surface area contributed by atoms with Gasteiger partial charge in [0.25, 0.3) is 10.0 Å². The second-order valence-electron chi connectivity index (χ2n) is 5.87. The first-order valence-corrected chi connectivity index (χ1v) is 9.05. The molecule has 0 unspecified atom stereocenters. The van der Waals surface area contributed by atoms with E-state index in [1.165, 1.54) is 22.9 Å². The van der Waals surface area contributed by atoms with Gasteiger partial charge in [-0.15, -0.1) is 0 Å². The van der Waals surface area contributed by atoms with E-state index in [1.807, 2.05) is 32.0 Å². The summed E-state index contributed by atoms with van der Waals surface area (Å²) in [5.41, 5.74) is 2.21. The van der Waals surface area contributed by atoms with Crippen molar-refractivity contribution in [1.29, 1.82) is 0 Å². The van der Waals surface area contributed by atoms with E-state index in [0.29, 0.717) is 5.65 Å². The van der Waals surface area contributed by atoms with Crippen molar-refractivity contribution in [3.63, 3.8) is 0 Å². The zero-order valence-electron chi connectivity index (χ0n) is 14.1. The number of amides is 1. The normalized spacial score (nSPS) is 11.5. The van der Waals surface area contributed by atoms with Gasteiger partial charge < -0.3 is 4.90 Å². The molecule has 2 heterocycles. The molecule has 3 aromatic rings. The molecule has 130 valence electrons. The van der Waals surface area contributed by atoms with E-state index in [1.54, 1.807) is 24.4 Å². The molecule has 0 saturated carbocycles. The number of nitrogens with zero attached hydrogens (tertiary/aromatic N) is 3. The lowest BCUT2D eigenvalue weighted by Gasteiger charge is -2.13. The van der Waals surface area contributed by atoms with Crippen LogP contribution in [-0.4, -0.2) is 38.1 Å². The first-order chi connectivity index (χ1) is 11.8. The molecule has 7 nitrogen and oxygen atoms in total. The maximum Gasteiger partial charge on any atom is 0.341 e. The predicted molar refractivity (Wildman–Crippen MR) is 96.4 cm³/mol. The molecular formula is C17H18N4O3S. The highest BCUT2D eigenvalue weighted by molar-refractivity contribution is 7.90. The molecule has 0 atom stereocenters. The van der Waals surface area contributed by atoms with Gasteiger partial charge in [-0.25, -0.2) is 22.9 Å². The third kappa shape index (κ3) is 3.20. The van der Waals surface area contributed by atoms with Gasteiger partial charge in [-0.05, 0) is 31.2 Å². The number of nitrogens with one attached hydrogen (secondary N) is 1. The minimum Gasteiger partial charge on any atom is -0.377 e. The van der Waals surface area contributed by atoms with Crippen LogP contribution in [0.2, 0.25) is 0 Å². The van der Waals surface area contributed by atoms with Crippen molar-refractivity contribution in [3.05, 3.63) is 54.4 Å². The number of anilines is 1. The minimum atomic E-state index is -3.96. The van der Waals surface area contributed by atoms with Crippen LogP contribution in [0.5, 0.6) is 0 Å². The number of hydrogen-bond acceptors (Lipinski definition) is 5. The van der Waals surface area contributed by atoms with E-state index in [0.717, 1.165) is 16.6 Å². The Morgan fingerprint density at radius 1 is 1.12 bits per heavy atom. The fraction of sp³-hybridized carbons (Fsp3) is 0.176. The molecule has 0 spiro atoms. The van der Waals surface area contributed by atoms with Crippen LogP contribution in [-0.2, 0) is 10.0 Å². The van der Waals surface area contributed by atoms with Crippen molar-refractivity contribution in [2.75, 3.05) is 19.0 Å². The van der Waals surface area contributed by atoms with E-state index in [9.17, 15) is 13.2 Å². The summed E-state index contributed by atoms with van der Waals surface area (Å²) in [6, 6.07) is 9.05. The van der Waals surface area contributed by atoms with Gasteiger partial charge in [0, 0.05) is 37.6 Å². The molecule has 1 N–H and O–H groups in total. The van der Waals surface area contributed by atoms with Crippen LogP contribution in [0.4, 0.5) is 10.5 Å². The quantitative estimate of drug-likeness (QED) is 0.777. The van der Waals surface area contributed by atoms with Crippen molar-refractivity contribution in [2.24, 2.45) is 0 Å². The molecule has 0 radical (unpaired) electrons. The fourth-order valence-electron chi connectivity index (χ4n) is 2.52. The van der Waals surface area contributed by atoms with Crippen LogP contribution in [0.15, 0.2) is 53.7 Å². The Kier molecular flexibility index (Phi) is 4.22. The largest absolute Gasteiger partial charge is 0.377 e. The van der Waals surface area contributed by atoms with Gasteiger partial charge in [-0.1, -0.05) is 17.7 Å². The average molecular weight is 358 g/mol. The number of carbonyl (C=O) groups is 1. The lowest BCUT2D eigenvalue weighted by atomic mass is 10.2. The summed E-state index contributed by atoms with van der Waals surface area (Å²) in [6.45, 7) is 1.86. The molecule has 3 rings (SSSR count). The lowest BCUT2D eigenvalue weighted by Crippen LogP contribution is -2.33. The first-order valence-electron chi connectivity index (χ1n) is 7.57. The van der Waals surface area contributed by atoms with Crippen LogP contribution < -0.4 is 9.62 Å². The maximum absolute atomic E-state index is 12.5. The molecule has 0 bridgehead atoms. The molecule has 0 aliphatic carbocycles. The summed E-state index contributed by atoms with van der Waals surface area (Å²) in [5.74, 6) is 0. The van der Waals surface area contributed by atoms with Crippen molar-refractivity contribution in [2.45, 2.75) is 11.8 Å². The fourth-order valence-corrected chi connectivity index (χ4v) is 3.46. The van der Waals surface area contributed by atoms with Gasteiger partial charge in [0.2, 0.25) is 0 Å². The number of hydrogen-bond donors (Lipinski definition) is 1. The topological polar surface area (TPSA) is 84.3 Å². The van der Waals surface area contributed by atoms with Crippen molar-refractivity contribution >= 4 is 32.8 Å². The molecule has 0 saturated heterocycles. The van der Waals surface area contributed by atoms with E-state index >= 15 is 0 Å². The highest BCUT2D eigenvalue weighted by atomic mass is 32.2. The molecule has 1 aromatic carbocycles. The monoisotopic (exact) mass is 358 g/mol. The number of benzene rings is 1. The average Bonchev–Trinajstić information content (AvgIpc) is 2.98. The first kappa shape index (κ1) is 17.0. The summed E-state index contributed by atoms with van der Waals surface area (Å²) >= 11 is 0. The number of aryl methyl sites for hydroxylation is 1. The summed E-state index contributed by atoms with van der Waals surface area (Å²) in [4.78, 5) is 18.6. The van der Waals surface area contributed by atoms with E-state index < -0.39 is 16.1 Å². The van der Waals surface area contributed by atoms with E-state index in [4.69, 9.17) is 0 Å². The molecule has 2 aromatic heterocycles. The van der Waals surface area contributed by atoms with Crippen LogP contribution in [0.25, 0.3) is 11.0 Å². The lowest BCUT2D eigenvalue weighted by molar-refractivity contribution is 0.248. The number of carbonyl (C=O) groups excluding carboxylic acids is 1. The van der Waals surface area contributed by atoms with Gasteiger partial charge in [-0.3, -0.25) is 4.57 Å². The van der Waals surface area contributed by atoms with E-state index in [-0.39, 0.29) is 4.90 Å². The molecule has 8 heteroatoms. The molecule has 0 fully saturated rings. The van der Waals surface area contributed by atoms with Gasteiger partial charge in [0.15, 0.2) is 0 Å². The molecule has 0 aliphatic heterocycles. The Bertz CT molecular complexity index is 1040. The summed E-state index contributed by atoms with van der Waals surface area (Å²) < 4.78 is 28.0. The Morgan fingerprint density at radius 3 is 2.44 bits per heavy atom. The third-order valence-electron chi connectivity index (χ3n) is 3.82. The van der Waals surface area contributed by atoms with Crippen LogP contribution in [0, 0.1) is 6.92 Å². The molecule has 1 amide bonds. The van der Waals surface area contributed by atoms with Gasteiger partial charge in [0.05, 0.1) is 4.90 Å². The Hall–Kier alpha value is -2.87. The zero-order valence-corrected chi connectivity index (χ0v) is 14.9. The maximum atomic E-state index is 12.5.